The Morgan fingerprint density at radius 1 is 0.702 bits per heavy atom. The van der Waals surface area contributed by atoms with Crippen molar-refractivity contribution in [1.29, 1.82) is 0 Å². The van der Waals surface area contributed by atoms with Gasteiger partial charge in [-0.3, -0.25) is 13.7 Å². The molecule has 0 saturated heterocycles. The summed E-state index contributed by atoms with van der Waals surface area (Å²) in [7, 11) is -15.1. The molecule has 0 radical (unpaired) electrons. The molecule has 24 heteroatoms. The second-order valence-electron chi connectivity index (χ2n) is 12.2. The Morgan fingerprint density at radius 3 is 1.95 bits per heavy atom. The van der Waals surface area contributed by atoms with Crippen LogP contribution in [-0.4, -0.2) is 54.0 Å². The van der Waals surface area contributed by atoms with Crippen LogP contribution in [0.5, 0.6) is 5.75 Å². The fraction of sp³-hybridized carbons (Fsp3) is 0.0909. The van der Waals surface area contributed by atoms with Gasteiger partial charge in [0, 0.05) is 16.5 Å². The van der Waals surface area contributed by atoms with Crippen molar-refractivity contribution in [3.05, 3.63) is 88.3 Å². The summed E-state index contributed by atoms with van der Waals surface area (Å²) in [6.07, 6.45) is -1.31. The molecule has 0 fully saturated rings. The van der Waals surface area contributed by atoms with E-state index < -0.39 is 90.7 Å². The third-order valence-electron chi connectivity index (χ3n) is 8.38. The largest absolute Gasteiger partial charge is 0.505 e. The van der Waals surface area contributed by atoms with Crippen molar-refractivity contribution in [3.63, 3.8) is 0 Å². The second kappa shape index (κ2) is 14.6. The van der Waals surface area contributed by atoms with Gasteiger partial charge in [-0.25, -0.2) is 0 Å². The SMILES string of the molecule is Cc1ccc(Nc2nc(F)nc(Cl)c2F)cc1N=Nc1c(S(=O)(=O)O)cc2cc(C)c(N=Nc3ccc4c(S(=O)(=O)O)c(C)ccc4c3S(=O)(=O)O)c(O)c2c1N. The van der Waals surface area contributed by atoms with Crippen LogP contribution in [0.25, 0.3) is 21.5 Å². The molecule has 0 spiro atoms. The number of nitrogens with zero attached hydrogens (tertiary/aromatic N) is 6. The van der Waals surface area contributed by atoms with E-state index in [1.54, 1.807) is 6.92 Å². The number of nitrogen functional groups attached to an aromatic ring is 1. The first kappa shape index (κ1) is 40.8. The van der Waals surface area contributed by atoms with E-state index in [-0.39, 0.29) is 49.7 Å². The molecule has 0 aliphatic heterocycles. The van der Waals surface area contributed by atoms with Gasteiger partial charge in [0.05, 0.1) is 16.8 Å². The molecule has 296 valence electrons. The normalized spacial score (nSPS) is 12.7. The summed E-state index contributed by atoms with van der Waals surface area (Å²) < 4.78 is 133. The number of benzene rings is 5. The highest BCUT2D eigenvalue weighted by atomic mass is 35.5. The summed E-state index contributed by atoms with van der Waals surface area (Å²) in [5.41, 5.74) is 5.12. The zero-order chi connectivity index (χ0) is 41.9. The van der Waals surface area contributed by atoms with Gasteiger partial charge in [0.15, 0.2) is 16.7 Å². The first-order chi connectivity index (χ1) is 26.5. The number of nitrogens with one attached hydrogen (secondary N) is 1. The number of hydrogen-bond donors (Lipinski definition) is 6. The van der Waals surface area contributed by atoms with Gasteiger partial charge in [-0.1, -0.05) is 35.9 Å². The average Bonchev–Trinajstić information content (AvgIpc) is 3.09. The average molecular weight is 863 g/mol. The van der Waals surface area contributed by atoms with Crippen LogP contribution in [0.1, 0.15) is 16.7 Å². The number of nitrogens with two attached hydrogens (primary N) is 1. The summed E-state index contributed by atoms with van der Waals surface area (Å²) in [5.74, 6) is -2.48. The highest BCUT2D eigenvalue weighted by Crippen LogP contribution is 2.48. The van der Waals surface area contributed by atoms with Gasteiger partial charge in [0.25, 0.3) is 30.4 Å². The summed E-state index contributed by atoms with van der Waals surface area (Å²) in [5, 5.41) is 28.2. The van der Waals surface area contributed by atoms with E-state index in [9.17, 15) is 52.8 Å². The van der Waals surface area contributed by atoms with Crippen molar-refractivity contribution in [1.82, 2.24) is 9.97 Å². The first-order valence-corrected chi connectivity index (χ1v) is 20.3. The molecule has 0 aliphatic carbocycles. The maximum Gasteiger partial charge on any atom is 0.312 e. The number of halogens is 3. The number of phenols is 1. The molecule has 6 aromatic rings. The van der Waals surface area contributed by atoms with E-state index in [4.69, 9.17) is 17.3 Å². The zero-order valence-electron chi connectivity index (χ0n) is 29.1. The number of phenolic OH excluding ortho intramolecular Hbond substituents is 1. The number of hydrogen-bond acceptors (Lipinski definition) is 15. The molecule has 1 aromatic heterocycles. The highest BCUT2D eigenvalue weighted by molar-refractivity contribution is 7.86. The molecular formula is C33H25ClF2N8O10S3. The maximum absolute atomic E-state index is 14.4. The minimum atomic E-state index is -5.14. The third-order valence-corrected chi connectivity index (χ3v) is 11.5. The van der Waals surface area contributed by atoms with Crippen LogP contribution in [0.15, 0.2) is 89.7 Å². The van der Waals surface area contributed by atoms with Gasteiger partial charge in [-0.15, -0.1) is 15.3 Å². The molecule has 5 aromatic carbocycles. The molecule has 6 rings (SSSR count). The summed E-state index contributed by atoms with van der Waals surface area (Å²) in [6, 6.07) is 11.0. The Kier molecular flexibility index (Phi) is 10.5. The van der Waals surface area contributed by atoms with Crippen LogP contribution >= 0.6 is 11.6 Å². The van der Waals surface area contributed by atoms with Crippen LogP contribution in [0.4, 0.5) is 48.7 Å². The molecule has 0 saturated carbocycles. The molecule has 0 aliphatic rings. The fourth-order valence-electron chi connectivity index (χ4n) is 5.86. The Bertz CT molecular complexity index is 3130. The molecule has 18 nitrogen and oxygen atoms in total. The Balaban J connectivity index is 1.49. The van der Waals surface area contributed by atoms with E-state index in [1.807, 2.05) is 0 Å². The quantitative estimate of drug-likeness (QED) is 0.0262. The van der Waals surface area contributed by atoms with Crippen LogP contribution in [0.3, 0.4) is 0 Å². The number of anilines is 3. The lowest BCUT2D eigenvalue weighted by atomic mass is 10.0. The van der Waals surface area contributed by atoms with Crippen molar-refractivity contribution in [2.45, 2.75) is 35.5 Å². The minimum absolute atomic E-state index is 0.0355. The van der Waals surface area contributed by atoms with Gasteiger partial charge >= 0.3 is 6.08 Å². The van der Waals surface area contributed by atoms with Crippen molar-refractivity contribution in [2.24, 2.45) is 20.5 Å². The number of rotatable bonds is 9. The van der Waals surface area contributed by atoms with Gasteiger partial charge in [-0.05, 0) is 73.2 Å². The van der Waals surface area contributed by atoms with Crippen molar-refractivity contribution in [3.8, 4) is 5.75 Å². The van der Waals surface area contributed by atoms with Gasteiger partial charge in [0.2, 0.25) is 5.82 Å². The number of azo groups is 2. The molecule has 0 unspecified atom stereocenters. The smallest absolute Gasteiger partial charge is 0.312 e. The fourth-order valence-corrected chi connectivity index (χ4v) is 8.45. The van der Waals surface area contributed by atoms with Gasteiger partial charge < -0.3 is 16.2 Å². The van der Waals surface area contributed by atoms with Crippen LogP contribution < -0.4 is 11.1 Å². The summed E-state index contributed by atoms with van der Waals surface area (Å²) in [4.78, 5) is 4.10. The monoisotopic (exact) mass is 862 g/mol. The first-order valence-electron chi connectivity index (χ1n) is 15.6. The Labute approximate surface area is 326 Å². The van der Waals surface area contributed by atoms with Crippen LogP contribution in [0.2, 0.25) is 5.15 Å². The predicted molar refractivity (Wildman–Crippen MR) is 203 cm³/mol. The molecule has 7 N–H and O–H groups in total. The number of aryl methyl sites for hydroxylation is 3. The standard InChI is InChI=1S/C33H25ClF2N8O10S3/c1-13-4-6-17(38-32-24(35)31(34)39-33(36)40-32)12-21(13)42-44-27-22(55(46,47)48)11-16-10-15(3)26(28(45)23(16)25(27)37)43-41-20-9-8-18-19(30(20)57(52,53)54)7-5-14(2)29(18)56(49,50)51/h4-12,45H,37H2,1-3H3,(H,38,39,40)(H,46,47,48)(H,49,50,51)(H,52,53,54). The number of fused-ring (bicyclic) bond motifs is 2. The second-order valence-corrected chi connectivity index (χ2v) is 16.7. The van der Waals surface area contributed by atoms with E-state index in [0.717, 1.165) is 18.2 Å². The van der Waals surface area contributed by atoms with E-state index >= 15 is 0 Å². The summed E-state index contributed by atoms with van der Waals surface area (Å²) >= 11 is 5.60. The Morgan fingerprint density at radius 2 is 1.30 bits per heavy atom. The molecule has 57 heavy (non-hydrogen) atoms. The molecule has 0 atom stereocenters. The lowest BCUT2D eigenvalue weighted by molar-refractivity contribution is 0.480. The van der Waals surface area contributed by atoms with Crippen molar-refractivity contribution < 1.29 is 52.8 Å². The van der Waals surface area contributed by atoms with E-state index in [2.05, 4.69) is 35.7 Å². The van der Waals surface area contributed by atoms with E-state index in [0.29, 0.717) is 5.56 Å². The third kappa shape index (κ3) is 7.93. The maximum atomic E-state index is 14.4. The number of aromatic hydroxyl groups is 1. The summed E-state index contributed by atoms with van der Waals surface area (Å²) in [6.45, 7) is 4.35. The lowest BCUT2D eigenvalue weighted by Gasteiger charge is -2.14. The van der Waals surface area contributed by atoms with Gasteiger partial charge in [-0.2, -0.15) is 49.1 Å². The molecule has 0 amide bonds. The zero-order valence-corrected chi connectivity index (χ0v) is 32.3. The molecule has 1 heterocycles. The van der Waals surface area contributed by atoms with Crippen LogP contribution in [0, 0.1) is 32.7 Å². The topological polar surface area (TPSA) is 297 Å². The van der Waals surface area contributed by atoms with Crippen molar-refractivity contribution in [2.75, 3.05) is 11.1 Å². The molecular weight excluding hydrogens is 838 g/mol. The molecule has 0 bridgehead atoms. The van der Waals surface area contributed by atoms with E-state index in [1.165, 1.54) is 50.2 Å². The Hall–Kier alpha value is -5.82. The van der Waals surface area contributed by atoms with Crippen LogP contribution in [-0.2, 0) is 30.4 Å². The van der Waals surface area contributed by atoms with Gasteiger partial charge in [0.1, 0.15) is 31.7 Å². The van der Waals surface area contributed by atoms with Crippen molar-refractivity contribution >= 4 is 103 Å². The predicted octanol–water partition coefficient (Wildman–Crippen LogP) is 8.24. The lowest BCUT2D eigenvalue weighted by Crippen LogP contribution is -2.05. The highest BCUT2D eigenvalue weighted by Gasteiger charge is 2.27. The number of aromatic nitrogens is 2. The minimum Gasteiger partial charge on any atom is -0.505 e.